The highest BCUT2D eigenvalue weighted by molar-refractivity contribution is 14.0. The molecule has 1 atom stereocenters. The van der Waals surface area contributed by atoms with Crippen LogP contribution in [0.25, 0.3) is 0 Å². The largest absolute Gasteiger partial charge is 0.357 e. The monoisotopic (exact) mass is 548 g/mol. The summed E-state index contributed by atoms with van der Waals surface area (Å²) in [5.74, 6) is 1.93. The first kappa shape index (κ1) is 24.3. The molecule has 2 aliphatic rings. The van der Waals surface area contributed by atoms with Gasteiger partial charge in [-0.2, -0.15) is 0 Å². The van der Waals surface area contributed by atoms with Crippen molar-refractivity contribution in [2.24, 2.45) is 4.99 Å². The fourth-order valence-electron chi connectivity index (χ4n) is 4.20. The predicted octanol–water partition coefficient (Wildman–Crippen LogP) is 3.55. The van der Waals surface area contributed by atoms with E-state index in [0.29, 0.717) is 19.5 Å². The number of guanidine groups is 1. The number of nitrogens with zero attached hydrogens (tertiary/aromatic N) is 4. The van der Waals surface area contributed by atoms with Crippen LogP contribution in [0.2, 0.25) is 0 Å². The Kier molecular flexibility index (Phi) is 9.13. The van der Waals surface area contributed by atoms with Crippen molar-refractivity contribution < 1.29 is 4.79 Å². The molecule has 2 saturated heterocycles. The fourth-order valence-corrected chi connectivity index (χ4v) is 4.20. The number of piperidine rings is 1. The second kappa shape index (κ2) is 12.0. The molecule has 0 bridgehead atoms. The van der Waals surface area contributed by atoms with Crippen molar-refractivity contribution in [3.8, 4) is 0 Å². The lowest BCUT2D eigenvalue weighted by Gasteiger charge is -2.27. The number of hydrogen-bond donors (Lipinski definition) is 2. The highest BCUT2D eigenvalue weighted by atomic mass is 127. The average molecular weight is 548 g/mol. The van der Waals surface area contributed by atoms with Crippen molar-refractivity contribution >= 4 is 47.3 Å². The molecule has 3 heterocycles. The molecule has 2 fully saturated rings. The van der Waals surface area contributed by atoms with Gasteiger partial charge in [-0.05, 0) is 56.0 Å². The average Bonchev–Trinajstić information content (AvgIpc) is 3.19. The summed E-state index contributed by atoms with van der Waals surface area (Å²) in [6.07, 6.45) is 6.12. The van der Waals surface area contributed by atoms with E-state index in [1.165, 1.54) is 19.3 Å². The minimum absolute atomic E-state index is 0. The van der Waals surface area contributed by atoms with Crippen LogP contribution in [0, 0.1) is 0 Å². The van der Waals surface area contributed by atoms with Gasteiger partial charge in [0.2, 0.25) is 5.91 Å². The number of carbonyl (C=O) groups is 1. The maximum absolute atomic E-state index is 12.5. The van der Waals surface area contributed by atoms with Gasteiger partial charge in [0.25, 0.3) is 0 Å². The molecule has 0 radical (unpaired) electrons. The number of aromatic nitrogens is 1. The SMILES string of the molecule is CCNC(=NCc1ccnc(N2CCCCC2)c1)NC1CC(=O)N(c2ccccc2)C1.I. The molecule has 0 spiro atoms. The van der Waals surface area contributed by atoms with Gasteiger partial charge in [0.15, 0.2) is 5.96 Å². The van der Waals surface area contributed by atoms with Crippen LogP contribution in [0.4, 0.5) is 11.5 Å². The van der Waals surface area contributed by atoms with Gasteiger partial charge in [-0.25, -0.2) is 9.98 Å². The topological polar surface area (TPSA) is 72.9 Å². The quantitative estimate of drug-likeness (QED) is 0.328. The number of amides is 1. The first-order valence-corrected chi connectivity index (χ1v) is 11.3. The second-order valence-electron chi connectivity index (χ2n) is 8.15. The molecule has 32 heavy (non-hydrogen) atoms. The Morgan fingerprint density at radius 3 is 2.69 bits per heavy atom. The summed E-state index contributed by atoms with van der Waals surface area (Å²) in [5, 5.41) is 6.76. The lowest BCUT2D eigenvalue weighted by molar-refractivity contribution is -0.117. The number of nitrogens with one attached hydrogen (secondary N) is 2. The van der Waals surface area contributed by atoms with E-state index < -0.39 is 0 Å². The van der Waals surface area contributed by atoms with E-state index in [1.807, 2.05) is 54.4 Å². The van der Waals surface area contributed by atoms with Gasteiger partial charge in [0, 0.05) is 44.5 Å². The molecule has 4 rings (SSSR count). The summed E-state index contributed by atoms with van der Waals surface area (Å²) in [6, 6.07) is 14.0. The highest BCUT2D eigenvalue weighted by Gasteiger charge is 2.31. The van der Waals surface area contributed by atoms with Gasteiger partial charge in [-0.3, -0.25) is 4.79 Å². The van der Waals surface area contributed by atoms with Crippen LogP contribution in [-0.2, 0) is 11.3 Å². The van der Waals surface area contributed by atoms with E-state index in [1.54, 1.807) is 0 Å². The van der Waals surface area contributed by atoms with Crippen LogP contribution >= 0.6 is 24.0 Å². The molecule has 1 amide bonds. The number of anilines is 2. The third-order valence-corrected chi connectivity index (χ3v) is 5.79. The Morgan fingerprint density at radius 1 is 1.16 bits per heavy atom. The molecular formula is C24H33IN6O. The van der Waals surface area contributed by atoms with E-state index in [-0.39, 0.29) is 35.9 Å². The summed E-state index contributed by atoms with van der Waals surface area (Å²) >= 11 is 0. The second-order valence-corrected chi connectivity index (χ2v) is 8.15. The maximum atomic E-state index is 12.5. The van der Waals surface area contributed by atoms with Gasteiger partial charge >= 0.3 is 0 Å². The molecule has 2 aliphatic heterocycles. The number of pyridine rings is 1. The van der Waals surface area contributed by atoms with E-state index in [2.05, 4.69) is 26.6 Å². The van der Waals surface area contributed by atoms with Crippen LogP contribution in [0.5, 0.6) is 0 Å². The summed E-state index contributed by atoms with van der Waals surface area (Å²) in [4.78, 5) is 26.0. The zero-order valence-corrected chi connectivity index (χ0v) is 21.0. The van der Waals surface area contributed by atoms with E-state index >= 15 is 0 Å². The first-order valence-electron chi connectivity index (χ1n) is 11.3. The number of carbonyl (C=O) groups excluding carboxylic acids is 1. The van der Waals surface area contributed by atoms with Crippen molar-refractivity contribution in [3.05, 3.63) is 54.2 Å². The molecule has 1 aromatic heterocycles. The van der Waals surface area contributed by atoms with Gasteiger partial charge in [0.05, 0.1) is 12.6 Å². The van der Waals surface area contributed by atoms with Crippen molar-refractivity contribution in [3.63, 3.8) is 0 Å². The van der Waals surface area contributed by atoms with Crippen molar-refractivity contribution in [2.75, 3.05) is 36.0 Å². The Labute approximate surface area is 207 Å². The smallest absolute Gasteiger partial charge is 0.229 e. The Hall–Kier alpha value is -2.36. The number of halogens is 1. The molecule has 1 aromatic carbocycles. The number of rotatable bonds is 6. The third-order valence-electron chi connectivity index (χ3n) is 5.79. The molecule has 2 N–H and O–H groups in total. The maximum Gasteiger partial charge on any atom is 0.229 e. The summed E-state index contributed by atoms with van der Waals surface area (Å²) in [6.45, 7) is 6.19. The molecule has 0 aliphatic carbocycles. The number of aliphatic imine (C=N–C) groups is 1. The summed E-state index contributed by atoms with van der Waals surface area (Å²) in [7, 11) is 0. The van der Waals surface area contributed by atoms with Crippen LogP contribution in [-0.4, -0.2) is 49.1 Å². The molecule has 1 unspecified atom stereocenters. The van der Waals surface area contributed by atoms with Crippen LogP contribution < -0.4 is 20.4 Å². The lowest BCUT2D eigenvalue weighted by Crippen LogP contribution is -2.44. The fraction of sp³-hybridized carbons (Fsp3) is 0.458. The number of hydrogen-bond acceptors (Lipinski definition) is 4. The minimum Gasteiger partial charge on any atom is -0.357 e. The first-order chi connectivity index (χ1) is 15.2. The van der Waals surface area contributed by atoms with Crippen LogP contribution in [0.15, 0.2) is 53.7 Å². The van der Waals surface area contributed by atoms with E-state index in [9.17, 15) is 4.79 Å². The Balaban J connectivity index is 0.00000289. The van der Waals surface area contributed by atoms with Gasteiger partial charge in [-0.1, -0.05) is 18.2 Å². The molecular weight excluding hydrogens is 515 g/mol. The molecule has 7 nitrogen and oxygen atoms in total. The normalized spacial score (nSPS) is 19.0. The van der Waals surface area contributed by atoms with E-state index in [0.717, 1.165) is 42.7 Å². The molecule has 8 heteroatoms. The summed E-state index contributed by atoms with van der Waals surface area (Å²) in [5.41, 5.74) is 2.09. The standard InChI is InChI=1S/C24H32N6O.HI/c1-2-25-24(28-20-16-23(31)30(18-20)21-9-5-3-6-10-21)27-17-19-11-12-26-22(15-19)29-13-7-4-8-14-29;/h3,5-6,9-12,15,20H,2,4,7-8,13-14,16-18H2,1H3,(H2,25,27,28);1H. The van der Waals surface area contributed by atoms with Crippen molar-refractivity contribution in [1.29, 1.82) is 0 Å². The van der Waals surface area contributed by atoms with Crippen LogP contribution in [0.3, 0.4) is 0 Å². The number of para-hydroxylation sites is 1. The minimum atomic E-state index is 0. The summed E-state index contributed by atoms with van der Waals surface area (Å²) < 4.78 is 0. The van der Waals surface area contributed by atoms with Crippen LogP contribution in [0.1, 0.15) is 38.2 Å². The van der Waals surface area contributed by atoms with E-state index in [4.69, 9.17) is 4.99 Å². The van der Waals surface area contributed by atoms with Gasteiger partial charge in [0.1, 0.15) is 5.82 Å². The zero-order chi connectivity index (χ0) is 21.5. The molecule has 2 aromatic rings. The third kappa shape index (κ3) is 6.34. The molecule has 172 valence electrons. The Bertz CT molecular complexity index is 900. The van der Waals surface area contributed by atoms with Gasteiger partial charge in [-0.15, -0.1) is 24.0 Å². The van der Waals surface area contributed by atoms with Crippen molar-refractivity contribution in [2.45, 2.75) is 45.2 Å². The highest BCUT2D eigenvalue weighted by Crippen LogP contribution is 2.21. The molecule has 0 saturated carbocycles. The Morgan fingerprint density at radius 2 is 1.94 bits per heavy atom. The van der Waals surface area contributed by atoms with Gasteiger partial charge < -0.3 is 20.4 Å². The predicted molar refractivity (Wildman–Crippen MR) is 141 cm³/mol. The zero-order valence-electron chi connectivity index (χ0n) is 18.7. The van der Waals surface area contributed by atoms with Crippen molar-refractivity contribution in [1.82, 2.24) is 15.6 Å². The lowest BCUT2D eigenvalue weighted by atomic mass is 10.1. The number of benzene rings is 1.